The first-order valence-corrected chi connectivity index (χ1v) is 8.37. The Morgan fingerprint density at radius 1 is 1.33 bits per heavy atom. The minimum absolute atomic E-state index is 0.0123. The first kappa shape index (κ1) is 16.6. The Hall–Kier alpha value is -2.23. The summed E-state index contributed by atoms with van der Waals surface area (Å²) in [6.07, 6.45) is 1.08. The van der Waals surface area contributed by atoms with Gasteiger partial charge in [-0.05, 0) is 62.4 Å². The van der Waals surface area contributed by atoms with Gasteiger partial charge in [-0.1, -0.05) is 19.1 Å². The molecule has 1 aliphatic heterocycles. The zero-order valence-corrected chi connectivity index (χ0v) is 15.1. The molecule has 1 aliphatic rings. The molecule has 0 unspecified atom stereocenters. The number of carbonyl (C=O) groups is 1. The maximum atomic E-state index is 11.6. The van der Waals surface area contributed by atoms with Crippen molar-refractivity contribution >= 4 is 11.7 Å². The predicted molar refractivity (Wildman–Crippen MR) is 94.5 cm³/mol. The topological polar surface area (TPSA) is 42.7 Å². The number of benzene rings is 1. The van der Waals surface area contributed by atoms with Crippen molar-refractivity contribution in [2.24, 2.45) is 0 Å². The summed E-state index contributed by atoms with van der Waals surface area (Å²) in [5.41, 5.74) is 3.89. The molecule has 0 saturated heterocycles. The number of hydrogen-bond donors (Lipinski definition) is 0. The lowest BCUT2D eigenvalue weighted by Crippen LogP contribution is -2.47. The lowest BCUT2D eigenvalue weighted by molar-refractivity contribution is 0.0563. The number of fused-ring (bicyclic) bond motifs is 1. The van der Waals surface area contributed by atoms with Crippen LogP contribution in [-0.2, 0) is 11.3 Å². The molecular formula is C20H25NO3. The molecule has 0 N–H and O–H groups in total. The third-order valence-electron chi connectivity index (χ3n) is 4.91. The minimum Gasteiger partial charge on any atom is -0.463 e. The van der Waals surface area contributed by atoms with Crippen LogP contribution < -0.4 is 4.90 Å². The Labute approximate surface area is 143 Å². The fourth-order valence-corrected chi connectivity index (χ4v) is 3.73. The highest BCUT2D eigenvalue weighted by Gasteiger charge is 2.36. The second-order valence-corrected chi connectivity index (χ2v) is 7.32. The fourth-order valence-electron chi connectivity index (χ4n) is 3.73. The molecule has 1 aromatic heterocycles. The van der Waals surface area contributed by atoms with Crippen LogP contribution in [0.4, 0.5) is 5.69 Å². The molecular weight excluding hydrogens is 302 g/mol. The fraction of sp³-hybridized carbons (Fsp3) is 0.450. The third-order valence-corrected chi connectivity index (χ3v) is 4.91. The van der Waals surface area contributed by atoms with E-state index in [1.807, 2.05) is 6.07 Å². The van der Waals surface area contributed by atoms with Crippen LogP contribution in [0.5, 0.6) is 0 Å². The van der Waals surface area contributed by atoms with Crippen molar-refractivity contribution in [3.8, 4) is 0 Å². The maximum absolute atomic E-state index is 11.6. The van der Waals surface area contributed by atoms with Gasteiger partial charge in [0.15, 0.2) is 0 Å². The van der Waals surface area contributed by atoms with Crippen molar-refractivity contribution in [3.05, 3.63) is 53.0 Å². The Morgan fingerprint density at radius 3 is 2.79 bits per heavy atom. The van der Waals surface area contributed by atoms with Crippen molar-refractivity contribution in [1.29, 1.82) is 0 Å². The van der Waals surface area contributed by atoms with Gasteiger partial charge < -0.3 is 14.1 Å². The van der Waals surface area contributed by atoms with Crippen LogP contribution in [0.1, 0.15) is 60.6 Å². The van der Waals surface area contributed by atoms with Crippen LogP contribution in [0.15, 0.2) is 34.7 Å². The van der Waals surface area contributed by atoms with E-state index in [4.69, 9.17) is 9.15 Å². The summed E-state index contributed by atoms with van der Waals surface area (Å²) < 4.78 is 10.4. The molecule has 0 spiro atoms. The molecule has 1 atom stereocenters. The van der Waals surface area contributed by atoms with E-state index in [0.717, 1.165) is 12.2 Å². The average molecular weight is 327 g/mol. The van der Waals surface area contributed by atoms with E-state index < -0.39 is 5.97 Å². The Bertz CT molecular complexity index is 760. The predicted octanol–water partition coefficient (Wildman–Crippen LogP) is 4.67. The van der Waals surface area contributed by atoms with E-state index in [2.05, 4.69) is 50.8 Å². The molecule has 3 rings (SSSR count). The van der Waals surface area contributed by atoms with Gasteiger partial charge in [0, 0.05) is 11.2 Å². The maximum Gasteiger partial charge on any atom is 0.373 e. The minimum atomic E-state index is -0.441. The van der Waals surface area contributed by atoms with Crippen molar-refractivity contribution in [2.45, 2.75) is 52.1 Å². The Morgan fingerprint density at radius 2 is 2.08 bits per heavy atom. The SMILES string of the molecule is COC(=O)c1ccc(CN2c3cc(C)ccc3[C@H](C)CC2(C)C)o1. The summed E-state index contributed by atoms with van der Waals surface area (Å²) in [6.45, 7) is 9.56. The largest absolute Gasteiger partial charge is 0.463 e. The highest BCUT2D eigenvalue weighted by atomic mass is 16.5. The summed E-state index contributed by atoms with van der Waals surface area (Å²) >= 11 is 0. The van der Waals surface area contributed by atoms with Crippen molar-refractivity contribution in [3.63, 3.8) is 0 Å². The van der Waals surface area contributed by atoms with Gasteiger partial charge in [-0.25, -0.2) is 4.79 Å². The number of ether oxygens (including phenoxy) is 1. The quantitative estimate of drug-likeness (QED) is 0.769. The highest BCUT2D eigenvalue weighted by Crippen LogP contribution is 2.44. The molecule has 0 aliphatic carbocycles. The van der Waals surface area contributed by atoms with E-state index >= 15 is 0 Å². The molecule has 4 nitrogen and oxygen atoms in total. The molecule has 0 radical (unpaired) electrons. The van der Waals surface area contributed by atoms with Crippen molar-refractivity contribution in [1.82, 2.24) is 0 Å². The molecule has 2 heterocycles. The van der Waals surface area contributed by atoms with Gasteiger partial charge in [0.2, 0.25) is 5.76 Å². The molecule has 24 heavy (non-hydrogen) atoms. The number of carbonyl (C=O) groups excluding carboxylic acids is 1. The van der Waals surface area contributed by atoms with Crippen LogP contribution >= 0.6 is 0 Å². The van der Waals surface area contributed by atoms with Crippen molar-refractivity contribution in [2.75, 3.05) is 12.0 Å². The van der Waals surface area contributed by atoms with Crippen LogP contribution in [0.2, 0.25) is 0 Å². The van der Waals surface area contributed by atoms with Gasteiger partial charge in [-0.3, -0.25) is 0 Å². The van der Waals surface area contributed by atoms with E-state index in [9.17, 15) is 4.79 Å². The second kappa shape index (κ2) is 6.00. The number of aryl methyl sites for hydroxylation is 1. The van der Waals surface area contributed by atoms with E-state index in [-0.39, 0.29) is 11.3 Å². The molecule has 2 aromatic rings. The second-order valence-electron chi connectivity index (χ2n) is 7.32. The summed E-state index contributed by atoms with van der Waals surface area (Å²) in [5, 5.41) is 0. The summed E-state index contributed by atoms with van der Waals surface area (Å²) in [7, 11) is 1.36. The Balaban J connectivity index is 1.96. The zero-order valence-electron chi connectivity index (χ0n) is 15.1. The van der Waals surface area contributed by atoms with Crippen LogP contribution in [0.25, 0.3) is 0 Å². The van der Waals surface area contributed by atoms with Crippen LogP contribution in [-0.4, -0.2) is 18.6 Å². The van der Waals surface area contributed by atoms with Crippen molar-refractivity contribution < 1.29 is 13.9 Å². The number of methoxy groups -OCH3 is 1. The number of furan rings is 1. The van der Waals surface area contributed by atoms with Gasteiger partial charge >= 0.3 is 5.97 Å². The first-order valence-electron chi connectivity index (χ1n) is 8.37. The standard InChI is InChI=1S/C20H25NO3/c1-13-6-8-16-14(2)11-20(3,4)21(17(16)10-13)12-15-7-9-18(24-15)19(22)23-5/h6-10,14H,11-12H2,1-5H3/t14-/m1/s1. The molecule has 0 amide bonds. The smallest absolute Gasteiger partial charge is 0.373 e. The number of rotatable bonds is 3. The molecule has 0 fully saturated rings. The van der Waals surface area contributed by atoms with Crippen LogP contribution in [0.3, 0.4) is 0 Å². The van der Waals surface area contributed by atoms with Gasteiger partial charge in [0.1, 0.15) is 5.76 Å². The normalized spacial score (nSPS) is 19.0. The summed E-state index contributed by atoms with van der Waals surface area (Å²) in [6, 6.07) is 10.2. The lowest BCUT2D eigenvalue weighted by Gasteiger charge is -2.47. The molecule has 128 valence electrons. The summed E-state index contributed by atoms with van der Waals surface area (Å²) in [4.78, 5) is 14.0. The molecule has 1 aromatic carbocycles. The number of hydrogen-bond acceptors (Lipinski definition) is 4. The monoisotopic (exact) mass is 327 g/mol. The number of anilines is 1. The van der Waals surface area contributed by atoms with E-state index in [1.165, 1.54) is 23.9 Å². The molecule has 0 saturated carbocycles. The lowest BCUT2D eigenvalue weighted by atomic mass is 9.79. The highest BCUT2D eigenvalue weighted by molar-refractivity contribution is 5.86. The van der Waals surface area contributed by atoms with E-state index in [1.54, 1.807) is 6.07 Å². The molecule has 4 heteroatoms. The van der Waals surface area contributed by atoms with Gasteiger partial charge in [0.25, 0.3) is 0 Å². The van der Waals surface area contributed by atoms with Gasteiger partial charge in [-0.2, -0.15) is 0 Å². The Kier molecular flexibility index (Phi) is 4.16. The first-order chi connectivity index (χ1) is 11.3. The number of nitrogens with zero attached hydrogens (tertiary/aromatic N) is 1. The molecule has 0 bridgehead atoms. The number of esters is 1. The van der Waals surface area contributed by atoms with Gasteiger partial charge in [-0.15, -0.1) is 0 Å². The summed E-state index contributed by atoms with van der Waals surface area (Å²) in [5.74, 6) is 1.10. The van der Waals surface area contributed by atoms with Crippen LogP contribution in [0, 0.1) is 6.92 Å². The third kappa shape index (κ3) is 2.93. The average Bonchev–Trinajstić information content (AvgIpc) is 2.98. The zero-order chi connectivity index (χ0) is 17.5. The van der Waals surface area contributed by atoms with E-state index in [0.29, 0.717) is 12.5 Å². The van der Waals surface area contributed by atoms with Gasteiger partial charge in [0.05, 0.1) is 13.7 Å².